The van der Waals surface area contributed by atoms with Crippen LogP contribution >= 0.6 is 34.5 Å². The Labute approximate surface area is 126 Å². The molecule has 1 aromatic carbocycles. The second-order valence-electron chi connectivity index (χ2n) is 4.15. The van der Waals surface area contributed by atoms with Crippen LogP contribution in [0.15, 0.2) is 18.3 Å². The number of hydrogen-bond acceptors (Lipinski definition) is 4. The minimum atomic E-state index is 0.430. The van der Waals surface area contributed by atoms with Gasteiger partial charge in [-0.2, -0.15) is 0 Å². The third-order valence-corrected chi connectivity index (χ3v) is 4.46. The lowest BCUT2D eigenvalue weighted by Crippen LogP contribution is -2.12. The summed E-state index contributed by atoms with van der Waals surface area (Å²) in [4.78, 5) is 5.65. The molecular formula is C13H15Cl2N3S. The molecule has 3 nitrogen and oxygen atoms in total. The van der Waals surface area contributed by atoms with Gasteiger partial charge in [0.15, 0.2) is 0 Å². The first kappa shape index (κ1) is 14.6. The first-order valence-corrected chi connectivity index (χ1v) is 7.55. The molecule has 0 unspecified atom stereocenters. The van der Waals surface area contributed by atoms with Crippen molar-refractivity contribution in [2.24, 2.45) is 0 Å². The van der Waals surface area contributed by atoms with Crippen LogP contribution in [0.25, 0.3) is 0 Å². The fraction of sp³-hybridized carbons (Fsp3) is 0.308. The second-order valence-corrected chi connectivity index (χ2v) is 6.16. The summed E-state index contributed by atoms with van der Waals surface area (Å²) < 4.78 is 0. The molecule has 0 amide bonds. The molecule has 2 rings (SSSR count). The standard InChI is InChI=1S/C13H15Cl2N3S/c1-2-9-6-18-12(19-9)7-17-5-8-3-10(14)13(16)11(15)4-8/h3-4,6,17H,2,5,7,16H2,1H3. The van der Waals surface area contributed by atoms with Gasteiger partial charge in [-0.1, -0.05) is 30.1 Å². The number of benzene rings is 1. The van der Waals surface area contributed by atoms with Gasteiger partial charge in [-0.25, -0.2) is 4.98 Å². The van der Waals surface area contributed by atoms with Crippen LogP contribution < -0.4 is 11.1 Å². The van der Waals surface area contributed by atoms with E-state index in [0.29, 0.717) is 22.3 Å². The van der Waals surface area contributed by atoms with Crippen LogP contribution in [0.5, 0.6) is 0 Å². The average Bonchev–Trinajstić information content (AvgIpc) is 2.84. The molecular weight excluding hydrogens is 301 g/mol. The van der Waals surface area contributed by atoms with Crippen molar-refractivity contribution in [2.75, 3.05) is 5.73 Å². The summed E-state index contributed by atoms with van der Waals surface area (Å²) in [5.41, 5.74) is 7.14. The Morgan fingerprint density at radius 3 is 2.53 bits per heavy atom. The zero-order valence-electron chi connectivity index (χ0n) is 10.5. The van der Waals surface area contributed by atoms with Crippen molar-refractivity contribution in [3.05, 3.63) is 43.8 Å². The minimum Gasteiger partial charge on any atom is -0.396 e. The number of aromatic nitrogens is 1. The van der Waals surface area contributed by atoms with Gasteiger partial charge in [0.05, 0.1) is 15.7 Å². The van der Waals surface area contributed by atoms with Crippen LogP contribution in [0, 0.1) is 0 Å². The monoisotopic (exact) mass is 315 g/mol. The van der Waals surface area contributed by atoms with Gasteiger partial charge in [0, 0.05) is 24.2 Å². The zero-order valence-corrected chi connectivity index (χ0v) is 12.9. The first-order chi connectivity index (χ1) is 9.10. The number of aryl methyl sites for hydroxylation is 1. The highest BCUT2D eigenvalue weighted by atomic mass is 35.5. The molecule has 0 saturated carbocycles. The summed E-state index contributed by atoms with van der Waals surface area (Å²) in [6.45, 7) is 3.55. The molecule has 1 aromatic heterocycles. The minimum absolute atomic E-state index is 0.430. The predicted octanol–water partition coefficient (Wildman–Crippen LogP) is 3.88. The van der Waals surface area contributed by atoms with Crippen molar-refractivity contribution in [1.82, 2.24) is 10.3 Å². The van der Waals surface area contributed by atoms with Gasteiger partial charge >= 0.3 is 0 Å². The smallest absolute Gasteiger partial charge is 0.107 e. The van der Waals surface area contributed by atoms with Crippen LogP contribution in [0.4, 0.5) is 5.69 Å². The number of anilines is 1. The van der Waals surface area contributed by atoms with E-state index in [9.17, 15) is 0 Å². The van der Waals surface area contributed by atoms with Gasteiger partial charge in [-0.3, -0.25) is 0 Å². The van der Waals surface area contributed by atoms with E-state index in [1.165, 1.54) is 4.88 Å². The van der Waals surface area contributed by atoms with E-state index in [-0.39, 0.29) is 0 Å². The van der Waals surface area contributed by atoms with Gasteiger partial charge in [-0.15, -0.1) is 11.3 Å². The first-order valence-electron chi connectivity index (χ1n) is 5.97. The van der Waals surface area contributed by atoms with Gasteiger partial charge in [-0.05, 0) is 24.1 Å². The van der Waals surface area contributed by atoms with Gasteiger partial charge in [0.1, 0.15) is 5.01 Å². The van der Waals surface area contributed by atoms with E-state index in [0.717, 1.165) is 23.5 Å². The van der Waals surface area contributed by atoms with E-state index in [1.54, 1.807) is 11.3 Å². The van der Waals surface area contributed by atoms with Gasteiger partial charge in [0.25, 0.3) is 0 Å². The highest BCUT2D eigenvalue weighted by Gasteiger charge is 2.05. The molecule has 102 valence electrons. The molecule has 0 aliphatic heterocycles. The number of nitrogen functional groups attached to an aromatic ring is 1. The van der Waals surface area contributed by atoms with Crippen molar-refractivity contribution in [2.45, 2.75) is 26.4 Å². The second kappa shape index (κ2) is 6.57. The maximum atomic E-state index is 5.99. The number of hydrogen-bond donors (Lipinski definition) is 2. The average molecular weight is 316 g/mol. The molecule has 0 atom stereocenters. The molecule has 0 spiro atoms. The maximum Gasteiger partial charge on any atom is 0.107 e. The van der Waals surface area contributed by atoms with Gasteiger partial charge in [0.2, 0.25) is 0 Å². The summed E-state index contributed by atoms with van der Waals surface area (Å²) in [6, 6.07) is 3.66. The van der Waals surface area contributed by atoms with Crippen molar-refractivity contribution in [1.29, 1.82) is 0 Å². The summed E-state index contributed by atoms with van der Waals surface area (Å²) in [5.74, 6) is 0. The molecule has 0 fully saturated rings. The Hall–Kier alpha value is -0.810. The molecule has 6 heteroatoms. The summed E-state index contributed by atoms with van der Waals surface area (Å²) in [5, 5.41) is 5.39. The van der Waals surface area contributed by atoms with Crippen LogP contribution in [0.1, 0.15) is 22.4 Å². The number of rotatable bonds is 5. The Morgan fingerprint density at radius 2 is 1.95 bits per heavy atom. The van der Waals surface area contributed by atoms with E-state index >= 15 is 0 Å². The summed E-state index contributed by atoms with van der Waals surface area (Å²) in [7, 11) is 0. The van der Waals surface area contributed by atoms with Crippen LogP contribution in [-0.2, 0) is 19.5 Å². The lowest BCUT2D eigenvalue weighted by Gasteiger charge is -2.07. The topological polar surface area (TPSA) is 50.9 Å². The quantitative estimate of drug-likeness (QED) is 0.823. The highest BCUT2D eigenvalue weighted by molar-refractivity contribution is 7.11. The normalized spacial score (nSPS) is 10.9. The zero-order chi connectivity index (χ0) is 13.8. The van der Waals surface area contributed by atoms with Crippen LogP contribution in [-0.4, -0.2) is 4.98 Å². The number of nitrogens with two attached hydrogens (primary N) is 1. The Kier molecular flexibility index (Phi) is 5.05. The third-order valence-electron chi connectivity index (χ3n) is 2.69. The molecule has 2 aromatic rings. The molecule has 0 aliphatic rings. The lowest BCUT2D eigenvalue weighted by atomic mass is 10.2. The SMILES string of the molecule is CCc1cnc(CNCc2cc(Cl)c(N)c(Cl)c2)s1. The highest BCUT2D eigenvalue weighted by Crippen LogP contribution is 2.28. The Balaban J connectivity index is 1.92. The maximum absolute atomic E-state index is 5.99. The van der Waals surface area contributed by atoms with Crippen molar-refractivity contribution in [3.63, 3.8) is 0 Å². The van der Waals surface area contributed by atoms with E-state index in [4.69, 9.17) is 28.9 Å². The van der Waals surface area contributed by atoms with Crippen LogP contribution in [0.3, 0.4) is 0 Å². The molecule has 0 bridgehead atoms. The fourth-order valence-electron chi connectivity index (χ4n) is 1.65. The van der Waals surface area contributed by atoms with E-state index in [2.05, 4.69) is 17.2 Å². The Morgan fingerprint density at radius 1 is 1.26 bits per heavy atom. The molecule has 0 aliphatic carbocycles. The van der Waals surface area contributed by atoms with E-state index in [1.807, 2.05) is 18.3 Å². The summed E-state index contributed by atoms with van der Waals surface area (Å²) in [6.07, 6.45) is 2.96. The molecule has 0 radical (unpaired) electrons. The fourth-order valence-corrected chi connectivity index (χ4v) is 3.01. The van der Waals surface area contributed by atoms with E-state index < -0.39 is 0 Å². The summed E-state index contributed by atoms with van der Waals surface area (Å²) >= 11 is 13.7. The van der Waals surface area contributed by atoms with Gasteiger partial charge < -0.3 is 11.1 Å². The van der Waals surface area contributed by atoms with Crippen molar-refractivity contribution in [3.8, 4) is 0 Å². The van der Waals surface area contributed by atoms with Crippen molar-refractivity contribution < 1.29 is 0 Å². The molecule has 3 N–H and O–H groups in total. The molecule has 19 heavy (non-hydrogen) atoms. The molecule has 0 saturated heterocycles. The molecule has 1 heterocycles. The number of nitrogens with one attached hydrogen (secondary N) is 1. The van der Waals surface area contributed by atoms with Crippen molar-refractivity contribution >= 4 is 40.2 Å². The largest absolute Gasteiger partial charge is 0.396 e. The van der Waals surface area contributed by atoms with Crippen LogP contribution in [0.2, 0.25) is 10.0 Å². The predicted molar refractivity (Wildman–Crippen MR) is 82.9 cm³/mol. The number of halogens is 2. The number of thiazole rings is 1. The third kappa shape index (κ3) is 3.83. The lowest BCUT2D eigenvalue weighted by molar-refractivity contribution is 0.690. The number of nitrogens with zero attached hydrogens (tertiary/aromatic N) is 1. The Bertz CT molecular complexity index is 546.